The van der Waals surface area contributed by atoms with E-state index in [-0.39, 0.29) is 17.1 Å². The van der Waals surface area contributed by atoms with E-state index in [1.54, 1.807) is 0 Å². The zero-order valence-corrected chi connectivity index (χ0v) is 13.8. The predicted octanol–water partition coefficient (Wildman–Crippen LogP) is 4.55. The van der Waals surface area contributed by atoms with E-state index in [2.05, 4.69) is 6.92 Å². The molecule has 3 heteroatoms. The Morgan fingerprint density at radius 2 is 2.04 bits per heavy atom. The molecule has 4 aliphatic carbocycles. The molecule has 0 radical (unpaired) electrons. The summed E-state index contributed by atoms with van der Waals surface area (Å²) >= 11 is 0. The molecule has 4 aliphatic rings. The summed E-state index contributed by atoms with van der Waals surface area (Å²) in [5.74, 6) is 2.00. The smallest absolute Gasteiger partial charge is 0.155 e. The van der Waals surface area contributed by atoms with Crippen LogP contribution in [0.3, 0.4) is 0 Å². The van der Waals surface area contributed by atoms with Gasteiger partial charge in [-0.2, -0.15) is 0 Å². The fraction of sp³-hybridized carbons (Fsp3) is 0.700. The van der Waals surface area contributed by atoms with Crippen LogP contribution < -0.4 is 0 Å². The average molecular weight is 316 g/mol. The first-order chi connectivity index (χ1) is 11.1. The van der Waals surface area contributed by atoms with E-state index in [0.29, 0.717) is 42.8 Å². The molecule has 4 rings (SSSR count). The van der Waals surface area contributed by atoms with Crippen LogP contribution in [0.4, 0.5) is 4.39 Å². The average Bonchev–Trinajstić information content (AvgIpc) is 2.90. The van der Waals surface area contributed by atoms with Gasteiger partial charge in [-0.25, -0.2) is 4.39 Å². The molecule has 0 heterocycles. The quantitative estimate of drug-likeness (QED) is 0.711. The van der Waals surface area contributed by atoms with Crippen molar-refractivity contribution in [3.05, 3.63) is 23.6 Å². The van der Waals surface area contributed by atoms with Crippen LogP contribution >= 0.6 is 0 Å². The zero-order valence-electron chi connectivity index (χ0n) is 13.8. The number of hydrogen-bond acceptors (Lipinski definition) is 2. The molecule has 0 amide bonds. The molecule has 0 unspecified atom stereocenters. The second kappa shape index (κ2) is 5.39. The molecule has 124 valence electrons. The fourth-order valence-electron chi connectivity index (χ4n) is 6.38. The van der Waals surface area contributed by atoms with E-state index in [0.717, 1.165) is 44.0 Å². The predicted molar refractivity (Wildman–Crippen MR) is 86.3 cm³/mol. The minimum Gasteiger partial charge on any atom is -0.299 e. The Bertz CT molecular complexity index is 617. The van der Waals surface area contributed by atoms with E-state index in [1.165, 1.54) is 5.57 Å². The maximum atomic E-state index is 13.8. The number of hydrogen-bond donors (Lipinski definition) is 0. The topological polar surface area (TPSA) is 34.1 Å². The number of fused-ring (bicyclic) bond motifs is 5. The SMILES string of the molecule is CC[C@]12C/C(=C/F)[C@H]3[C@@H](CCC4=CC(=O)CC[C@@H]43)[C@@H]1CCC2=O. The summed E-state index contributed by atoms with van der Waals surface area (Å²) in [5.41, 5.74) is 1.80. The largest absolute Gasteiger partial charge is 0.299 e. The Labute approximate surface area is 137 Å². The molecule has 0 aliphatic heterocycles. The van der Waals surface area contributed by atoms with Gasteiger partial charge in [-0.15, -0.1) is 0 Å². The van der Waals surface area contributed by atoms with Crippen LogP contribution in [0, 0.1) is 29.1 Å². The van der Waals surface area contributed by atoms with Gasteiger partial charge < -0.3 is 0 Å². The van der Waals surface area contributed by atoms with Crippen molar-refractivity contribution < 1.29 is 14.0 Å². The lowest BCUT2D eigenvalue weighted by Crippen LogP contribution is -2.48. The minimum atomic E-state index is -0.301. The van der Waals surface area contributed by atoms with Crippen molar-refractivity contribution in [2.75, 3.05) is 0 Å². The molecule has 23 heavy (non-hydrogen) atoms. The molecule has 0 bridgehead atoms. The van der Waals surface area contributed by atoms with Gasteiger partial charge in [0.15, 0.2) is 5.78 Å². The molecule has 0 aromatic rings. The molecule has 5 atom stereocenters. The standard InChI is InChI=1S/C20H25FO2/c1-2-20-10-13(11-21)19-15-6-4-14(22)9-12(15)3-5-16(19)17(20)7-8-18(20)23/h9,11,15-17,19H,2-8,10H2,1H3/b13-11-/t15-,16-,17-,19+,20-/m0/s1. The van der Waals surface area contributed by atoms with Crippen molar-refractivity contribution in [1.29, 1.82) is 0 Å². The highest BCUT2D eigenvalue weighted by molar-refractivity contribution is 5.91. The summed E-state index contributed by atoms with van der Waals surface area (Å²) in [7, 11) is 0. The van der Waals surface area contributed by atoms with Crippen LogP contribution in [0.2, 0.25) is 0 Å². The molecule has 2 nitrogen and oxygen atoms in total. The Kier molecular flexibility index (Phi) is 3.58. The van der Waals surface area contributed by atoms with Crippen molar-refractivity contribution in [2.45, 2.75) is 58.3 Å². The van der Waals surface area contributed by atoms with Crippen LogP contribution in [-0.4, -0.2) is 11.6 Å². The highest BCUT2D eigenvalue weighted by Crippen LogP contribution is 2.63. The number of Topliss-reactive ketones (excluding diaryl/α,β-unsaturated/α-hetero) is 1. The van der Waals surface area contributed by atoms with Crippen molar-refractivity contribution in [1.82, 2.24) is 0 Å². The maximum absolute atomic E-state index is 13.8. The fourth-order valence-corrected chi connectivity index (χ4v) is 6.38. The summed E-state index contributed by atoms with van der Waals surface area (Å²) in [6.07, 6.45) is 9.18. The molecular weight excluding hydrogens is 291 g/mol. The minimum absolute atomic E-state index is 0.226. The van der Waals surface area contributed by atoms with E-state index in [1.807, 2.05) is 6.08 Å². The van der Waals surface area contributed by atoms with Crippen molar-refractivity contribution >= 4 is 11.6 Å². The van der Waals surface area contributed by atoms with Crippen molar-refractivity contribution in [2.24, 2.45) is 29.1 Å². The third kappa shape index (κ3) is 2.04. The summed E-state index contributed by atoms with van der Waals surface area (Å²) in [6.45, 7) is 2.10. The van der Waals surface area contributed by atoms with Crippen LogP contribution in [-0.2, 0) is 9.59 Å². The molecule has 0 saturated heterocycles. The monoisotopic (exact) mass is 316 g/mol. The van der Waals surface area contributed by atoms with Crippen molar-refractivity contribution in [3.63, 3.8) is 0 Å². The lowest BCUT2D eigenvalue weighted by molar-refractivity contribution is -0.130. The van der Waals surface area contributed by atoms with E-state index < -0.39 is 0 Å². The highest BCUT2D eigenvalue weighted by atomic mass is 19.1. The molecule has 3 saturated carbocycles. The van der Waals surface area contributed by atoms with Crippen LogP contribution in [0.1, 0.15) is 58.3 Å². The van der Waals surface area contributed by atoms with Crippen molar-refractivity contribution in [3.8, 4) is 0 Å². The van der Waals surface area contributed by atoms with Gasteiger partial charge in [0.25, 0.3) is 0 Å². The third-order valence-corrected chi connectivity index (χ3v) is 7.37. The number of rotatable bonds is 1. The number of halogens is 1. The first-order valence-corrected chi connectivity index (χ1v) is 9.16. The lowest BCUT2D eigenvalue weighted by atomic mass is 9.50. The number of carbonyl (C=O) groups excluding carboxylic acids is 2. The molecule has 3 fully saturated rings. The Morgan fingerprint density at radius 3 is 2.78 bits per heavy atom. The summed E-state index contributed by atoms with van der Waals surface area (Å²) in [4.78, 5) is 24.4. The second-order valence-corrected chi connectivity index (χ2v) is 8.00. The van der Waals surface area contributed by atoms with Gasteiger partial charge in [0.1, 0.15) is 5.78 Å². The first-order valence-electron chi connectivity index (χ1n) is 9.16. The summed E-state index contributed by atoms with van der Waals surface area (Å²) in [5, 5.41) is 0. The van der Waals surface area contributed by atoms with E-state index >= 15 is 0 Å². The molecular formula is C20H25FO2. The van der Waals surface area contributed by atoms with Crippen LogP contribution in [0.25, 0.3) is 0 Å². The van der Waals surface area contributed by atoms with E-state index in [4.69, 9.17) is 0 Å². The van der Waals surface area contributed by atoms with Gasteiger partial charge in [0.2, 0.25) is 0 Å². The van der Waals surface area contributed by atoms with Gasteiger partial charge >= 0.3 is 0 Å². The van der Waals surface area contributed by atoms with Gasteiger partial charge in [0.05, 0.1) is 6.33 Å². The molecule has 0 N–H and O–H groups in total. The third-order valence-electron chi connectivity index (χ3n) is 7.37. The Balaban J connectivity index is 1.76. The Morgan fingerprint density at radius 1 is 1.22 bits per heavy atom. The van der Waals surface area contributed by atoms with Gasteiger partial charge in [-0.1, -0.05) is 12.5 Å². The van der Waals surface area contributed by atoms with Crippen LogP contribution in [0.15, 0.2) is 23.6 Å². The second-order valence-electron chi connectivity index (χ2n) is 8.00. The maximum Gasteiger partial charge on any atom is 0.155 e. The molecule has 0 spiro atoms. The molecule has 0 aromatic heterocycles. The number of ketones is 2. The summed E-state index contributed by atoms with van der Waals surface area (Å²) < 4.78 is 13.8. The first kappa shape index (κ1) is 15.3. The summed E-state index contributed by atoms with van der Waals surface area (Å²) in [6, 6.07) is 0. The number of allylic oxidation sites excluding steroid dienone is 2. The Hall–Kier alpha value is -1.25. The van der Waals surface area contributed by atoms with E-state index in [9.17, 15) is 14.0 Å². The van der Waals surface area contributed by atoms with Crippen LogP contribution in [0.5, 0.6) is 0 Å². The van der Waals surface area contributed by atoms with Gasteiger partial charge in [-0.3, -0.25) is 9.59 Å². The number of carbonyl (C=O) groups is 2. The lowest BCUT2D eigenvalue weighted by Gasteiger charge is -2.53. The van der Waals surface area contributed by atoms with Gasteiger partial charge in [-0.05, 0) is 73.8 Å². The van der Waals surface area contributed by atoms with Gasteiger partial charge in [0, 0.05) is 18.3 Å². The molecule has 0 aromatic carbocycles. The highest BCUT2D eigenvalue weighted by Gasteiger charge is 2.59. The normalized spacial score (nSPS) is 44.6. The zero-order chi connectivity index (χ0) is 16.2.